The maximum atomic E-state index is 9.79. The molecule has 3 atom stereocenters. The summed E-state index contributed by atoms with van der Waals surface area (Å²) in [6.07, 6.45) is 5.44. The molecule has 0 amide bonds. The summed E-state index contributed by atoms with van der Waals surface area (Å²) in [7, 11) is 4.06. The number of aliphatic hydroxyl groups is 1. The number of rotatable bonds is 2. The van der Waals surface area contributed by atoms with Crippen molar-refractivity contribution in [1.29, 1.82) is 0 Å². The van der Waals surface area contributed by atoms with Gasteiger partial charge < -0.3 is 14.7 Å². The van der Waals surface area contributed by atoms with E-state index in [1.54, 1.807) is 0 Å². The second-order valence-electron chi connectivity index (χ2n) is 5.11. The van der Waals surface area contributed by atoms with Crippen LogP contribution in [-0.2, 0) is 4.74 Å². The summed E-state index contributed by atoms with van der Waals surface area (Å²) < 4.78 is 6.04. The molecule has 2 bridgehead atoms. The summed E-state index contributed by atoms with van der Waals surface area (Å²) in [6, 6.07) is 0. The predicted octanol–water partition coefficient (Wildman–Crippen LogP) is 0.787. The molecule has 1 fully saturated rings. The van der Waals surface area contributed by atoms with Crippen molar-refractivity contribution in [3.8, 4) is 0 Å². The third kappa shape index (κ3) is 1.72. The van der Waals surface area contributed by atoms with E-state index >= 15 is 0 Å². The van der Waals surface area contributed by atoms with Gasteiger partial charge in [0.2, 0.25) is 0 Å². The fourth-order valence-corrected chi connectivity index (χ4v) is 2.70. The molecule has 80 valence electrons. The van der Waals surface area contributed by atoms with Crippen molar-refractivity contribution in [2.24, 2.45) is 0 Å². The van der Waals surface area contributed by atoms with Gasteiger partial charge in [-0.15, -0.1) is 0 Å². The maximum absolute atomic E-state index is 9.79. The average molecular weight is 197 g/mol. The first-order valence-corrected chi connectivity index (χ1v) is 5.16. The lowest BCUT2D eigenvalue weighted by Crippen LogP contribution is -2.50. The topological polar surface area (TPSA) is 32.7 Å². The highest BCUT2D eigenvalue weighted by Crippen LogP contribution is 2.43. The Morgan fingerprint density at radius 1 is 1.43 bits per heavy atom. The van der Waals surface area contributed by atoms with Gasteiger partial charge in [0.25, 0.3) is 0 Å². The van der Waals surface area contributed by atoms with Crippen LogP contribution < -0.4 is 0 Å². The smallest absolute Gasteiger partial charge is 0.103 e. The molecule has 3 heteroatoms. The summed E-state index contributed by atoms with van der Waals surface area (Å²) in [4.78, 5) is 2.11. The second-order valence-corrected chi connectivity index (χ2v) is 5.11. The van der Waals surface area contributed by atoms with E-state index in [0.29, 0.717) is 0 Å². The highest BCUT2D eigenvalue weighted by Gasteiger charge is 2.48. The molecule has 0 aromatic rings. The van der Waals surface area contributed by atoms with Crippen molar-refractivity contribution in [2.45, 2.75) is 37.1 Å². The molecular weight excluding hydrogens is 178 g/mol. The largest absolute Gasteiger partial charge is 0.393 e. The quantitative estimate of drug-likeness (QED) is 0.664. The van der Waals surface area contributed by atoms with Gasteiger partial charge in [-0.2, -0.15) is 0 Å². The van der Waals surface area contributed by atoms with Crippen LogP contribution in [0.5, 0.6) is 0 Å². The molecule has 0 radical (unpaired) electrons. The molecule has 2 aliphatic rings. The van der Waals surface area contributed by atoms with Gasteiger partial charge in [-0.1, -0.05) is 12.2 Å². The Hall–Kier alpha value is -0.380. The first kappa shape index (κ1) is 10.1. The maximum Gasteiger partial charge on any atom is 0.103 e. The van der Waals surface area contributed by atoms with E-state index in [4.69, 9.17) is 4.74 Å². The van der Waals surface area contributed by atoms with E-state index in [1.807, 2.05) is 21.0 Å². The van der Waals surface area contributed by atoms with E-state index in [1.165, 1.54) is 0 Å². The molecule has 3 unspecified atom stereocenters. The molecule has 0 aromatic heterocycles. The van der Waals surface area contributed by atoms with Crippen LogP contribution in [0.2, 0.25) is 0 Å². The van der Waals surface area contributed by atoms with Crippen molar-refractivity contribution >= 4 is 0 Å². The third-order valence-electron chi connectivity index (χ3n) is 2.98. The monoisotopic (exact) mass is 197 g/mol. The zero-order valence-electron chi connectivity index (χ0n) is 9.16. The molecule has 0 saturated carbocycles. The number of hydrogen-bond acceptors (Lipinski definition) is 3. The minimum absolute atomic E-state index is 0.233. The van der Waals surface area contributed by atoms with Gasteiger partial charge in [-0.05, 0) is 21.0 Å². The molecule has 2 heterocycles. The number of hydrogen-bond donors (Lipinski definition) is 1. The highest BCUT2D eigenvalue weighted by atomic mass is 16.5. The molecule has 2 aliphatic heterocycles. The van der Waals surface area contributed by atoms with Crippen LogP contribution in [0, 0.1) is 0 Å². The Balaban J connectivity index is 2.17. The molecule has 14 heavy (non-hydrogen) atoms. The van der Waals surface area contributed by atoms with Gasteiger partial charge in [0.05, 0.1) is 11.7 Å². The number of likely N-dealkylation sites (N-methyl/N-ethyl adjacent to an activating group) is 1. The van der Waals surface area contributed by atoms with E-state index in [0.717, 1.165) is 19.4 Å². The summed E-state index contributed by atoms with van der Waals surface area (Å²) in [5, 5.41) is 9.79. The fraction of sp³-hybridized carbons (Fsp3) is 0.818. The Morgan fingerprint density at radius 3 is 2.79 bits per heavy atom. The van der Waals surface area contributed by atoms with Crippen LogP contribution in [0.25, 0.3) is 0 Å². The van der Waals surface area contributed by atoms with Gasteiger partial charge in [0.1, 0.15) is 5.60 Å². The molecule has 0 aromatic carbocycles. The van der Waals surface area contributed by atoms with E-state index in [2.05, 4.69) is 17.1 Å². The predicted molar refractivity (Wildman–Crippen MR) is 55.2 cm³/mol. The molecule has 1 N–H and O–H groups in total. The zero-order valence-corrected chi connectivity index (χ0v) is 9.16. The van der Waals surface area contributed by atoms with Crippen LogP contribution in [0.3, 0.4) is 0 Å². The summed E-state index contributed by atoms with van der Waals surface area (Å²) in [5.41, 5.74) is -0.496. The van der Waals surface area contributed by atoms with Crippen molar-refractivity contribution < 1.29 is 9.84 Å². The normalized spacial score (nSPS) is 46.2. The number of nitrogens with zero attached hydrogens (tertiary/aromatic N) is 1. The number of ether oxygens (including phenoxy) is 1. The standard InChI is InChI=1S/C11H19NO2/c1-10-4-5-11(14-10,8-12(2)3)7-9(13)6-10/h4-5,9,13H,6-8H2,1-3H3. The summed E-state index contributed by atoms with van der Waals surface area (Å²) in [6.45, 7) is 2.89. The molecule has 3 nitrogen and oxygen atoms in total. The van der Waals surface area contributed by atoms with Crippen molar-refractivity contribution in [2.75, 3.05) is 20.6 Å². The van der Waals surface area contributed by atoms with Crippen molar-refractivity contribution in [1.82, 2.24) is 4.90 Å². The van der Waals surface area contributed by atoms with Crippen LogP contribution in [-0.4, -0.2) is 48.0 Å². The summed E-state index contributed by atoms with van der Waals surface area (Å²) in [5.74, 6) is 0. The van der Waals surface area contributed by atoms with E-state index in [-0.39, 0.29) is 17.3 Å². The molecule has 0 aliphatic carbocycles. The highest BCUT2D eigenvalue weighted by molar-refractivity contribution is 5.21. The minimum atomic E-state index is -0.254. The van der Waals surface area contributed by atoms with Gasteiger partial charge in [0.15, 0.2) is 0 Å². The van der Waals surface area contributed by atoms with Crippen LogP contribution in [0.1, 0.15) is 19.8 Å². The van der Waals surface area contributed by atoms with Crippen LogP contribution in [0.15, 0.2) is 12.2 Å². The number of aliphatic hydroxyl groups excluding tert-OH is 1. The lowest BCUT2D eigenvalue weighted by Gasteiger charge is -2.42. The Kier molecular flexibility index (Phi) is 2.21. The van der Waals surface area contributed by atoms with Gasteiger partial charge in [-0.25, -0.2) is 0 Å². The van der Waals surface area contributed by atoms with Gasteiger partial charge >= 0.3 is 0 Å². The summed E-state index contributed by atoms with van der Waals surface area (Å²) >= 11 is 0. The lowest BCUT2D eigenvalue weighted by molar-refractivity contribution is -0.156. The van der Waals surface area contributed by atoms with Gasteiger partial charge in [0, 0.05) is 19.4 Å². The van der Waals surface area contributed by atoms with Crippen molar-refractivity contribution in [3.05, 3.63) is 12.2 Å². The third-order valence-corrected chi connectivity index (χ3v) is 2.98. The van der Waals surface area contributed by atoms with E-state index in [9.17, 15) is 5.11 Å². The number of fused-ring (bicyclic) bond motifs is 2. The first-order valence-electron chi connectivity index (χ1n) is 5.16. The van der Waals surface area contributed by atoms with Crippen molar-refractivity contribution in [3.63, 3.8) is 0 Å². The Morgan fingerprint density at radius 2 is 2.14 bits per heavy atom. The first-order chi connectivity index (χ1) is 6.43. The van der Waals surface area contributed by atoms with Crippen LogP contribution >= 0.6 is 0 Å². The SMILES string of the molecule is CN(C)CC12C=CC(C)(CC(O)C1)O2. The van der Waals surface area contributed by atoms with E-state index < -0.39 is 0 Å². The van der Waals surface area contributed by atoms with Gasteiger partial charge in [-0.3, -0.25) is 0 Å². The van der Waals surface area contributed by atoms with Crippen LogP contribution in [0.4, 0.5) is 0 Å². The zero-order chi connectivity index (χ0) is 10.4. The molecule has 2 rings (SSSR count). The Labute approximate surface area is 85.4 Å². The molecule has 0 spiro atoms. The minimum Gasteiger partial charge on any atom is -0.393 e. The second kappa shape index (κ2) is 3.05. The Bertz CT molecular complexity index is 260. The molecule has 1 saturated heterocycles. The fourth-order valence-electron chi connectivity index (χ4n) is 2.70. The lowest BCUT2D eigenvalue weighted by atomic mass is 9.90. The molecular formula is C11H19NO2. The average Bonchev–Trinajstić information content (AvgIpc) is 2.19.